The van der Waals surface area contributed by atoms with E-state index in [0.717, 1.165) is 36.1 Å². The van der Waals surface area contributed by atoms with Crippen molar-refractivity contribution in [2.24, 2.45) is 0 Å². The number of fused-ring (bicyclic) bond motifs is 1. The normalized spacial score (nSPS) is 18.4. The lowest BCUT2D eigenvalue weighted by Gasteiger charge is -2.22. The molecule has 1 unspecified atom stereocenters. The minimum absolute atomic E-state index is 0.0203. The van der Waals surface area contributed by atoms with Crippen LogP contribution in [-0.2, 0) is 6.54 Å². The topological polar surface area (TPSA) is 37.3 Å². The Kier molecular flexibility index (Phi) is 4.82. The van der Waals surface area contributed by atoms with Gasteiger partial charge in [-0.2, -0.15) is 0 Å². The molecule has 1 aliphatic heterocycles. The maximum Gasteiger partial charge on any atom is 0.253 e. The fraction of sp³-hybridized carbons (Fsp3) is 0.421. The number of nitrogens with one attached hydrogen (secondary N) is 1. The monoisotopic (exact) mass is 311 g/mol. The summed E-state index contributed by atoms with van der Waals surface area (Å²) in [6, 6.07) is 8.52. The second-order valence-electron chi connectivity index (χ2n) is 6.14. The van der Waals surface area contributed by atoms with E-state index in [1.54, 1.807) is 0 Å². The summed E-state index contributed by atoms with van der Waals surface area (Å²) in [7, 11) is 0. The highest BCUT2D eigenvalue weighted by atomic mass is 16.1. The lowest BCUT2D eigenvalue weighted by molar-refractivity contribution is 0.0943. The van der Waals surface area contributed by atoms with E-state index >= 15 is 0 Å². The zero-order valence-corrected chi connectivity index (χ0v) is 13.8. The third-order valence-corrected chi connectivity index (χ3v) is 4.76. The molecule has 1 saturated heterocycles. The van der Waals surface area contributed by atoms with Crippen molar-refractivity contribution in [3.63, 3.8) is 0 Å². The summed E-state index contributed by atoms with van der Waals surface area (Å²) >= 11 is 0. The SMILES string of the molecule is C=CCn1cc(C(=O)NCC2CCCN2CC)c2ccccc21. The van der Waals surface area contributed by atoms with Gasteiger partial charge in [0, 0.05) is 36.2 Å². The predicted octanol–water partition coefficient (Wildman–Crippen LogP) is 3.04. The van der Waals surface area contributed by atoms with Gasteiger partial charge >= 0.3 is 0 Å². The molecule has 3 rings (SSSR count). The summed E-state index contributed by atoms with van der Waals surface area (Å²) in [4.78, 5) is 15.1. The van der Waals surface area contributed by atoms with Gasteiger partial charge in [-0.1, -0.05) is 31.2 Å². The molecule has 2 heterocycles. The van der Waals surface area contributed by atoms with Crippen LogP contribution in [-0.4, -0.2) is 41.1 Å². The molecule has 1 amide bonds. The number of hydrogen-bond acceptors (Lipinski definition) is 2. The van der Waals surface area contributed by atoms with Crippen molar-refractivity contribution in [2.45, 2.75) is 32.4 Å². The molecule has 1 aromatic carbocycles. The van der Waals surface area contributed by atoms with Crippen LogP contribution in [0.3, 0.4) is 0 Å². The summed E-state index contributed by atoms with van der Waals surface area (Å²) in [5.74, 6) is 0.0203. The number of likely N-dealkylation sites (N-methyl/N-ethyl adjacent to an activating group) is 1. The number of hydrogen-bond donors (Lipinski definition) is 1. The molecule has 0 aliphatic carbocycles. The van der Waals surface area contributed by atoms with E-state index in [-0.39, 0.29) is 5.91 Å². The summed E-state index contributed by atoms with van der Waals surface area (Å²) in [6.45, 7) is 9.62. The fourth-order valence-corrected chi connectivity index (χ4v) is 3.57. The standard InChI is InChI=1S/C19H25N3O/c1-3-11-22-14-17(16-9-5-6-10-18(16)22)19(23)20-13-15-8-7-12-21(15)4-2/h3,5-6,9-10,14-15H,1,4,7-8,11-13H2,2H3,(H,20,23). The number of aromatic nitrogens is 1. The van der Waals surface area contributed by atoms with Crippen molar-refractivity contribution >= 4 is 16.8 Å². The largest absolute Gasteiger partial charge is 0.350 e. The molecule has 1 aromatic heterocycles. The van der Waals surface area contributed by atoms with Gasteiger partial charge in [-0.3, -0.25) is 9.69 Å². The third-order valence-electron chi connectivity index (χ3n) is 4.76. The number of rotatable bonds is 6. The fourth-order valence-electron chi connectivity index (χ4n) is 3.57. The average molecular weight is 311 g/mol. The first-order valence-electron chi connectivity index (χ1n) is 8.45. The Morgan fingerprint density at radius 2 is 2.26 bits per heavy atom. The Morgan fingerprint density at radius 1 is 1.43 bits per heavy atom. The van der Waals surface area contributed by atoms with Crippen LogP contribution >= 0.6 is 0 Å². The van der Waals surface area contributed by atoms with Crippen LogP contribution in [0.25, 0.3) is 10.9 Å². The van der Waals surface area contributed by atoms with Crippen LogP contribution in [0.2, 0.25) is 0 Å². The van der Waals surface area contributed by atoms with Gasteiger partial charge < -0.3 is 9.88 Å². The smallest absolute Gasteiger partial charge is 0.253 e. The molecule has 0 spiro atoms. The van der Waals surface area contributed by atoms with Crippen LogP contribution in [0.15, 0.2) is 43.1 Å². The molecule has 2 aromatic rings. The molecule has 0 bridgehead atoms. The van der Waals surface area contributed by atoms with Crippen molar-refractivity contribution < 1.29 is 4.79 Å². The summed E-state index contributed by atoms with van der Waals surface area (Å²) in [6.07, 6.45) is 6.19. The van der Waals surface area contributed by atoms with Crippen LogP contribution in [0.4, 0.5) is 0 Å². The van der Waals surface area contributed by atoms with Crippen LogP contribution in [0.1, 0.15) is 30.1 Å². The Hall–Kier alpha value is -2.07. The number of allylic oxidation sites excluding steroid dienone is 1. The van der Waals surface area contributed by atoms with E-state index in [2.05, 4.69) is 28.3 Å². The molecule has 122 valence electrons. The Balaban J connectivity index is 1.77. The lowest BCUT2D eigenvalue weighted by atomic mass is 10.1. The average Bonchev–Trinajstić information content (AvgIpc) is 3.18. The third kappa shape index (κ3) is 3.17. The number of nitrogens with zero attached hydrogens (tertiary/aromatic N) is 2. The highest BCUT2D eigenvalue weighted by Crippen LogP contribution is 2.22. The Labute approximate surface area is 137 Å². The molecule has 23 heavy (non-hydrogen) atoms. The Morgan fingerprint density at radius 3 is 3.04 bits per heavy atom. The molecule has 1 N–H and O–H groups in total. The van der Waals surface area contributed by atoms with E-state index in [4.69, 9.17) is 0 Å². The minimum Gasteiger partial charge on any atom is -0.350 e. The van der Waals surface area contributed by atoms with Gasteiger partial charge in [0.25, 0.3) is 5.91 Å². The van der Waals surface area contributed by atoms with Crippen molar-refractivity contribution in [1.29, 1.82) is 0 Å². The highest BCUT2D eigenvalue weighted by molar-refractivity contribution is 6.07. The van der Waals surface area contributed by atoms with E-state index in [9.17, 15) is 4.79 Å². The molecule has 4 nitrogen and oxygen atoms in total. The van der Waals surface area contributed by atoms with Gasteiger partial charge in [0.15, 0.2) is 0 Å². The second-order valence-corrected chi connectivity index (χ2v) is 6.14. The number of carbonyl (C=O) groups is 1. The molecular weight excluding hydrogens is 286 g/mol. The van der Waals surface area contributed by atoms with Crippen LogP contribution in [0.5, 0.6) is 0 Å². The van der Waals surface area contributed by atoms with Gasteiger partial charge in [0.1, 0.15) is 0 Å². The first kappa shape index (κ1) is 15.8. The van der Waals surface area contributed by atoms with E-state index < -0.39 is 0 Å². The number of carbonyl (C=O) groups excluding carboxylic acids is 1. The molecule has 1 fully saturated rings. The zero-order chi connectivity index (χ0) is 16.2. The summed E-state index contributed by atoms with van der Waals surface area (Å²) in [5, 5.41) is 4.14. The van der Waals surface area contributed by atoms with Crippen LogP contribution in [0, 0.1) is 0 Å². The van der Waals surface area contributed by atoms with E-state index in [0.29, 0.717) is 12.6 Å². The number of para-hydroxylation sites is 1. The number of benzene rings is 1. The summed E-state index contributed by atoms with van der Waals surface area (Å²) < 4.78 is 2.07. The van der Waals surface area contributed by atoms with Gasteiger partial charge in [0.05, 0.1) is 5.56 Å². The predicted molar refractivity (Wildman–Crippen MR) is 94.7 cm³/mol. The minimum atomic E-state index is 0.0203. The van der Waals surface area contributed by atoms with Gasteiger partial charge in [-0.05, 0) is 32.0 Å². The first-order valence-corrected chi connectivity index (χ1v) is 8.45. The van der Waals surface area contributed by atoms with Crippen molar-refractivity contribution in [1.82, 2.24) is 14.8 Å². The molecule has 4 heteroatoms. The van der Waals surface area contributed by atoms with Gasteiger partial charge in [-0.15, -0.1) is 6.58 Å². The number of amides is 1. The molecule has 0 saturated carbocycles. The van der Waals surface area contributed by atoms with Gasteiger partial charge in [-0.25, -0.2) is 0 Å². The zero-order valence-electron chi connectivity index (χ0n) is 13.8. The quantitative estimate of drug-likeness (QED) is 0.833. The maximum absolute atomic E-state index is 12.7. The molecule has 1 atom stereocenters. The van der Waals surface area contributed by atoms with Crippen molar-refractivity contribution in [3.8, 4) is 0 Å². The molecule has 0 radical (unpaired) electrons. The first-order chi connectivity index (χ1) is 11.2. The molecule has 1 aliphatic rings. The Bertz CT molecular complexity index is 704. The van der Waals surface area contributed by atoms with Crippen LogP contribution < -0.4 is 5.32 Å². The van der Waals surface area contributed by atoms with Gasteiger partial charge in [0.2, 0.25) is 0 Å². The molecular formula is C19H25N3O. The van der Waals surface area contributed by atoms with E-state index in [1.165, 1.54) is 12.8 Å². The van der Waals surface area contributed by atoms with E-state index in [1.807, 2.05) is 36.5 Å². The summed E-state index contributed by atoms with van der Waals surface area (Å²) in [5.41, 5.74) is 1.83. The lowest BCUT2D eigenvalue weighted by Crippen LogP contribution is -2.40. The second kappa shape index (κ2) is 7.01. The number of likely N-dealkylation sites (tertiary alicyclic amines) is 1. The maximum atomic E-state index is 12.7. The highest BCUT2D eigenvalue weighted by Gasteiger charge is 2.24. The van der Waals surface area contributed by atoms with Crippen molar-refractivity contribution in [3.05, 3.63) is 48.7 Å². The van der Waals surface area contributed by atoms with Crippen molar-refractivity contribution in [2.75, 3.05) is 19.6 Å².